The van der Waals surface area contributed by atoms with Gasteiger partial charge in [-0.1, -0.05) is 37.1 Å². The van der Waals surface area contributed by atoms with E-state index in [0.717, 1.165) is 44.1 Å². The lowest BCUT2D eigenvalue weighted by atomic mass is 9.96. The van der Waals surface area contributed by atoms with Gasteiger partial charge in [0.05, 0.1) is 11.4 Å². The topological polar surface area (TPSA) is 129 Å². The van der Waals surface area contributed by atoms with Gasteiger partial charge in [-0.05, 0) is 103 Å². The Labute approximate surface area is 278 Å². The summed E-state index contributed by atoms with van der Waals surface area (Å²) in [6, 6.07) is 14.2. The van der Waals surface area contributed by atoms with Crippen LogP contribution in [-0.4, -0.2) is 70.8 Å². The first-order valence-electron chi connectivity index (χ1n) is 16.7. The number of anilines is 2. The molecule has 47 heavy (non-hydrogen) atoms. The van der Waals surface area contributed by atoms with E-state index < -0.39 is 17.3 Å². The van der Waals surface area contributed by atoms with Crippen molar-refractivity contribution in [3.05, 3.63) is 59.7 Å². The number of nitrogens with one attached hydrogen (secondary N) is 3. The number of rotatable bonds is 8. The molecule has 0 aromatic heterocycles. The van der Waals surface area contributed by atoms with Crippen LogP contribution in [0.15, 0.2) is 48.5 Å². The minimum absolute atomic E-state index is 0.0811. The molecule has 2 aromatic carbocycles. The number of nitrogens with zero attached hydrogens (tertiary/aromatic N) is 2. The Morgan fingerprint density at radius 3 is 1.94 bits per heavy atom. The summed E-state index contributed by atoms with van der Waals surface area (Å²) in [4.78, 5) is 55.1. The predicted octanol–water partition coefficient (Wildman–Crippen LogP) is 7.39. The highest BCUT2D eigenvalue weighted by atomic mass is 16.6. The summed E-state index contributed by atoms with van der Waals surface area (Å²) in [5.74, 6) is -0.0787. The van der Waals surface area contributed by atoms with Crippen molar-refractivity contribution in [3.8, 4) is 0 Å². The molecule has 1 heterocycles. The van der Waals surface area contributed by atoms with Crippen LogP contribution in [0, 0.1) is 5.92 Å². The largest absolute Gasteiger partial charge is 0.444 e. The van der Waals surface area contributed by atoms with Crippen molar-refractivity contribution >= 4 is 35.5 Å². The molecule has 2 fully saturated rings. The number of hydrogen-bond acceptors (Lipinski definition) is 6. The van der Waals surface area contributed by atoms with Gasteiger partial charge in [0.15, 0.2) is 0 Å². The maximum absolute atomic E-state index is 13.5. The van der Waals surface area contributed by atoms with Crippen LogP contribution in [-0.2, 0) is 16.0 Å². The number of carbonyl (C=O) groups excluding carboxylic acids is 4. The summed E-state index contributed by atoms with van der Waals surface area (Å²) < 4.78 is 10.9. The molecule has 0 bridgehead atoms. The number of benzene rings is 2. The number of para-hydroxylation sites is 2. The van der Waals surface area contributed by atoms with E-state index in [0.29, 0.717) is 43.1 Å². The number of ether oxygens (including phenoxy) is 2. The molecule has 11 nitrogen and oxygen atoms in total. The minimum Gasteiger partial charge on any atom is -0.444 e. The average molecular weight is 650 g/mol. The van der Waals surface area contributed by atoms with E-state index in [2.05, 4.69) is 16.0 Å². The second kappa shape index (κ2) is 15.5. The Morgan fingerprint density at radius 2 is 1.36 bits per heavy atom. The van der Waals surface area contributed by atoms with Crippen LogP contribution >= 0.6 is 0 Å². The van der Waals surface area contributed by atoms with E-state index in [-0.39, 0.29) is 30.0 Å². The van der Waals surface area contributed by atoms with Crippen molar-refractivity contribution in [2.75, 3.05) is 30.3 Å². The van der Waals surface area contributed by atoms with Gasteiger partial charge < -0.3 is 29.9 Å². The second-order valence-corrected chi connectivity index (χ2v) is 14.5. The van der Waals surface area contributed by atoms with Gasteiger partial charge in [0.2, 0.25) is 0 Å². The second-order valence-electron chi connectivity index (χ2n) is 14.5. The minimum atomic E-state index is -0.657. The molecule has 4 rings (SSSR count). The normalized spacial score (nSPS) is 15.9. The number of likely N-dealkylation sites (tertiary alicyclic amines) is 1. The molecule has 5 amide bonds. The van der Waals surface area contributed by atoms with E-state index in [1.54, 1.807) is 62.1 Å². The molecule has 0 atom stereocenters. The Kier molecular flexibility index (Phi) is 11.8. The molecule has 0 unspecified atom stereocenters. The van der Waals surface area contributed by atoms with Crippen molar-refractivity contribution in [2.24, 2.45) is 5.92 Å². The van der Waals surface area contributed by atoms with Crippen LogP contribution in [0.1, 0.15) is 96.0 Å². The molecular formula is C36H51N5O6. The first kappa shape index (κ1) is 35.6. The maximum atomic E-state index is 13.5. The monoisotopic (exact) mass is 649 g/mol. The smallest absolute Gasteiger partial charge is 0.412 e. The molecule has 0 radical (unpaired) electrons. The molecule has 0 spiro atoms. The molecule has 1 aliphatic carbocycles. The Balaban J connectivity index is 1.38. The molecular weight excluding hydrogens is 598 g/mol. The first-order valence-corrected chi connectivity index (χ1v) is 16.7. The molecule has 1 saturated heterocycles. The predicted molar refractivity (Wildman–Crippen MR) is 182 cm³/mol. The lowest BCUT2D eigenvalue weighted by molar-refractivity contribution is 0.0172. The van der Waals surface area contributed by atoms with Crippen LogP contribution in [0.4, 0.5) is 25.8 Å². The van der Waals surface area contributed by atoms with Crippen LogP contribution in [0.3, 0.4) is 0 Å². The van der Waals surface area contributed by atoms with E-state index >= 15 is 0 Å². The third kappa shape index (κ3) is 11.5. The summed E-state index contributed by atoms with van der Waals surface area (Å²) in [5, 5.41) is 8.80. The molecule has 2 aliphatic rings. The number of carbonyl (C=O) groups is 4. The van der Waals surface area contributed by atoms with Crippen LogP contribution in [0.2, 0.25) is 0 Å². The van der Waals surface area contributed by atoms with Gasteiger partial charge in [-0.2, -0.15) is 0 Å². The summed E-state index contributed by atoms with van der Waals surface area (Å²) in [5.41, 5.74) is 1.02. The van der Waals surface area contributed by atoms with Crippen molar-refractivity contribution in [1.82, 2.24) is 15.1 Å². The molecule has 2 aromatic rings. The number of piperidine rings is 1. The van der Waals surface area contributed by atoms with E-state index in [9.17, 15) is 19.2 Å². The van der Waals surface area contributed by atoms with E-state index in [1.165, 1.54) is 0 Å². The van der Waals surface area contributed by atoms with Crippen LogP contribution in [0.25, 0.3) is 0 Å². The van der Waals surface area contributed by atoms with Gasteiger partial charge in [-0.3, -0.25) is 10.1 Å². The summed E-state index contributed by atoms with van der Waals surface area (Å²) in [6.07, 6.45) is 4.91. The summed E-state index contributed by atoms with van der Waals surface area (Å²) >= 11 is 0. The van der Waals surface area contributed by atoms with Gasteiger partial charge in [-0.15, -0.1) is 0 Å². The van der Waals surface area contributed by atoms with E-state index in [4.69, 9.17) is 9.47 Å². The standard InChI is InChI=1S/C36H51N5O6/c1-35(2,3)46-33(44)39-30-14-10-9-13-29(30)38-31(42)27-17-15-25(16-18-27)23-41(32(43)37-28-11-7-8-12-28)24-26-19-21-40(22-20-26)34(45)47-36(4,5)6/h9-10,13-18,26,28H,7-8,11-12,19-24H2,1-6H3,(H,37,43)(H,38,42)(H,39,44). The Hall–Kier alpha value is -4.28. The fourth-order valence-corrected chi connectivity index (χ4v) is 5.78. The van der Waals surface area contributed by atoms with Crippen molar-refractivity contribution < 1.29 is 28.7 Å². The number of amides is 5. The Bertz CT molecular complexity index is 1380. The fourth-order valence-electron chi connectivity index (χ4n) is 5.78. The van der Waals surface area contributed by atoms with Gasteiger partial charge in [0, 0.05) is 37.8 Å². The third-order valence-electron chi connectivity index (χ3n) is 8.12. The summed E-state index contributed by atoms with van der Waals surface area (Å²) in [7, 11) is 0. The highest BCUT2D eigenvalue weighted by molar-refractivity contribution is 6.06. The number of hydrogen-bond donors (Lipinski definition) is 3. The average Bonchev–Trinajstić information content (AvgIpc) is 3.50. The Morgan fingerprint density at radius 1 is 0.787 bits per heavy atom. The molecule has 256 valence electrons. The maximum Gasteiger partial charge on any atom is 0.412 e. The molecule has 3 N–H and O–H groups in total. The lowest BCUT2D eigenvalue weighted by Crippen LogP contribution is -2.48. The van der Waals surface area contributed by atoms with Gasteiger partial charge in [0.1, 0.15) is 11.2 Å². The zero-order valence-electron chi connectivity index (χ0n) is 28.7. The zero-order chi connectivity index (χ0) is 34.2. The zero-order valence-corrected chi connectivity index (χ0v) is 28.7. The van der Waals surface area contributed by atoms with Crippen LogP contribution < -0.4 is 16.0 Å². The quantitative estimate of drug-likeness (QED) is 0.274. The van der Waals surface area contributed by atoms with Gasteiger partial charge >= 0.3 is 18.2 Å². The third-order valence-corrected chi connectivity index (χ3v) is 8.12. The van der Waals surface area contributed by atoms with Crippen LogP contribution in [0.5, 0.6) is 0 Å². The van der Waals surface area contributed by atoms with Crippen molar-refractivity contribution in [3.63, 3.8) is 0 Å². The first-order chi connectivity index (χ1) is 22.1. The van der Waals surface area contributed by atoms with Crippen molar-refractivity contribution in [2.45, 2.75) is 104 Å². The number of urea groups is 1. The van der Waals surface area contributed by atoms with E-state index in [1.807, 2.05) is 37.8 Å². The highest BCUT2D eigenvalue weighted by Crippen LogP contribution is 2.25. The SMILES string of the molecule is CC(C)(C)OC(=O)Nc1ccccc1NC(=O)c1ccc(CN(CC2CCN(C(=O)OC(C)(C)C)CC2)C(=O)NC2CCCC2)cc1. The fraction of sp³-hybridized carbons (Fsp3) is 0.556. The van der Waals surface area contributed by atoms with Gasteiger partial charge in [-0.25, -0.2) is 14.4 Å². The molecule has 1 aliphatic heterocycles. The molecule has 11 heteroatoms. The molecule has 1 saturated carbocycles. The lowest BCUT2D eigenvalue weighted by Gasteiger charge is -2.36. The summed E-state index contributed by atoms with van der Waals surface area (Å²) in [6.45, 7) is 13.1. The van der Waals surface area contributed by atoms with Crippen molar-refractivity contribution in [1.29, 1.82) is 0 Å². The highest BCUT2D eigenvalue weighted by Gasteiger charge is 2.30. The van der Waals surface area contributed by atoms with Gasteiger partial charge in [0.25, 0.3) is 5.91 Å².